The average molecular weight is 579 g/mol. The average Bonchev–Trinajstić information content (AvgIpc) is 3.44. The van der Waals surface area contributed by atoms with E-state index in [4.69, 9.17) is 5.41 Å². The summed E-state index contributed by atoms with van der Waals surface area (Å²) in [6, 6.07) is 37.4. The number of pyridine rings is 1. The molecule has 0 fully saturated rings. The van der Waals surface area contributed by atoms with Crippen molar-refractivity contribution in [2.24, 2.45) is 0 Å². The largest absolute Gasteiger partial charge is 0.381 e. The fraction of sp³-hybridized carbons (Fsp3) is 0.0244. The molecule has 5 aromatic carbocycles. The second kappa shape index (κ2) is 10.9. The number of fused-ring (bicyclic) bond motifs is 6. The zero-order valence-electron chi connectivity index (χ0n) is 24.6. The van der Waals surface area contributed by atoms with Crippen molar-refractivity contribution in [3.05, 3.63) is 164 Å². The van der Waals surface area contributed by atoms with E-state index < -0.39 is 0 Å². The first kappa shape index (κ1) is 26.6. The molecule has 0 saturated carbocycles. The standard InChI is InChI=1S/C41H30N4/c1-2-8-31(25-42)38-21-17-32(26-44-38)28-14-18-34-29(23-28)15-20-36-35-19-16-30(37-12-5-6-22-43-37)24-40(35)45(41(34)36)39-13-7-10-27-9-3-4-11-33(27)39/h2-26,37,42-43H,1H2/b31-8+,42-25?. The quantitative estimate of drug-likeness (QED) is 0.152. The minimum Gasteiger partial charge on any atom is -0.381 e. The summed E-state index contributed by atoms with van der Waals surface area (Å²) >= 11 is 0. The summed E-state index contributed by atoms with van der Waals surface area (Å²) in [4.78, 5) is 4.65. The number of allylic oxidation sites excluding steroid dienone is 5. The Labute approximate surface area is 261 Å². The van der Waals surface area contributed by atoms with Gasteiger partial charge in [-0.25, -0.2) is 0 Å². The SMILES string of the molecule is C=C/C=C(\C=N)c1ccc(-c2ccc3c(ccc4c5ccc(C6C=CC=CN6)cc5n(-c5cccc6ccccc56)c34)c2)cn1. The second-order valence-corrected chi connectivity index (χ2v) is 11.3. The molecule has 2 N–H and O–H groups in total. The summed E-state index contributed by atoms with van der Waals surface area (Å²) in [7, 11) is 0. The zero-order valence-corrected chi connectivity index (χ0v) is 24.6. The third-order valence-electron chi connectivity index (χ3n) is 8.77. The molecule has 45 heavy (non-hydrogen) atoms. The van der Waals surface area contributed by atoms with Gasteiger partial charge in [0, 0.05) is 45.1 Å². The Morgan fingerprint density at radius 1 is 0.778 bits per heavy atom. The lowest BCUT2D eigenvalue weighted by Gasteiger charge is -2.17. The third kappa shape index (κ3) is 4.47. The molecule has 0 aliphatic carbocycles. The van der Waals surface area contributed by atoms with Crippen LogP contribution < -0.4 is 5.32 Å². The fourth-order valence-corrected chi connectivity index (χ4v) is 6.60. The van der Waals surface area contributed by atoms with E-state index in [0.29, 0.717) is 0 Å². The van der Waals surface area contributed by atoms with Gasteiger partial charge in [0.05, 0.1) is 28.5 Å². The Morgan fingerprint density at radius 2 is 1.62 bits per heavy atom. The number of rotatable bonds is 6. The van der Waals surface area contributed by atoms with E-state index in [0.717, 1.165) is 22.4 Å². The van der Waals surface area contributed by atoms with Crippen molar-refractivity contribution < 1.29 is 0 Å². The van der Waals surface area contributed by atoms with Crippen LogP contribution in [0.1, 0.15) is 17.3 Å². The molecular weight excluding hydrogens is 548 g/mol. The van der Waals surface area contributed by atoms with Gasteiger partial charge in [-0.05, 0) is 58.4 Å². The minimum absolute atomic E-state index is 0.125. The molecule has 0 amide bonds. The summed E-state index contributed by atoms with van der Waals surface area (Å²) in [5.74, 6) is 0. The van der Waals surface area contributed by atoms with E-state index in [1.165, 1.54) is 60.8 Å². The first-order valence-corrected chi connectivity index (χ1v) is 15.1. The number of nitrogens with zero attached hydrogens (tertiary/aromatic N) is 2. The maximum atomic E-state index is 7.71. The Bertz CT molecular complexity index is 2380. The Hall–Kier alpha value is -6.00. The summed E-state index contributed by atoms with van der Waals surface area (Å²) in [5, 5.41) is 18.5. The molecule has 1 unspecified atom stereocenters. The van der Waals surface area contributed by atoms with E-state index in [1.807, 2.05) is 24.5 Å². The Balaban J connectivity index is 1.36. The van der Waals surface area contributed by atoms with Gasteiger partial charge < -0.3 is 15.3 Å². The molecule has 2 aromatic heterocycles. The van der Waals surface area contributed by atoms with Crippen LogP contribution in [-0.2, 0) is 0 Å². The lowest BCUT2D eigenvalue weighted by atomic mass is 9.99. The van der Waals surface area contributed by atoms with Gasteiger partial charge in [0.25, 0.3) is 0 Å². The lowest BCUT2D eigenvalue weighted by molar-refractivity contribution is 0.747. The van der Waals surface area contributed by atoms with E-state index >= 15 is 0 Å². The van der Waals surface area contributed by atoms with Crippen molar-refractivity contribution in [3.8, 4) is 16.8 Å². The number of aromatic nitrogens is 2. The van der Waals surface area contributed by atoms with Crippen LogP contribution in [0, 0.1) is 5.41 Å². The van der Waals surface area contributed by atoms with Gasteiger partial charge in [-0.2, -0.15) is 0 Å². The molecule has 0 saturated heterocycles. The molecular formula is C41H30N4. The highest BCUT2D eigenvalue weighted by Crippen LogP contribution is 2.40. The van der Waals surface area contributed by atoms with Crippen LogP contribution in [0.2, 0.25) is 0 Å². The molecule has 7 aromatic rings. The van der Waals surface area contributed by atoms with Crippen molar-refractivity contribution >= 4 is 55.1 Å². The molecule has 1 aliphatic rings. The summed E-state index contributed by atoms with van der Waals surface area (Å²) in [6.07, 6.45) is 15.0. The van der Waals surface area contributed by atoms with Crippen LogP contribution in [0.25, 0.3) is 65.7 Å². The van der Waals surface area contributed by atoms with E-state index in [-0.39, 0.29) is 6.04 Å². The van der Waals surface area contributed by atoms with Crippen LogP contribution in [0.5, 0.6) is 0 Å². The summed E-state index contributed by atoms with van der Waals surface area (Å²) in [5.41, 5.74) is 8.40. The zero-order chi connectivity index (χ0) is 30.3. The van der Waals surface area contributed by atoms with Gasteiger partial charge in [-0.3, -0.25) is 4.98 Å². The topological polar surface area (TPSA) is 53.7 Å². The van der Waals surface area contributed by atoms with Gasteiger partial charge in [0.15, 0.2) is 0 Å². The molecule has 4 heteroatoms. The first-order valence-electron chi connectivity index (χ1n) is 15.1. The highest BCUT2D eigenvalue weighted by atomic mass is 15.0. The molecule has 1 atom stereocenters. The van der Waals surface area contributed by atoms with Gasteiger partial charge >= 0.3 is 0 Å². The second-order valence-electron chi connectivity index (χ2n) is 11.3. The van der Waals surface area contributed by atoms with Crippen LogP contribution in [-0.4, -0.2) is 15.8 Å². The number of dihydropyridines is 1. The number of benzene rings is 5. The highest BCUT2D eigenvalue weighted by Gasteiger charge is 2.19. The monoisotopic (exact) mass is 578 g/mol. The molecule has 0 bridgehead atoms. The van der Waals surface area contributed by atoms with Gasteiger partial charge in [0.2, 0.25) is 0 Å². The third-order valence-corrected chi connectivity index (χ3v) is 8.77. The molecule has 1 aliphatic heterocycles. The predicted molar refractivity (Wildman–Crippen MR) is 190 cm³/mol. The summed E-state index contributed by atoms with van der Waals surface area (Å²) < 4.78 is 2.46. The van der Waals surface area contributed by atoms with E-state index in [2.05, 4.69) is 131 Å². The fourth-order valence-electron chi connectivity index (χ4n) is 6.60. The maximum absolute atomic E-state index is 7.71. The maximum Gasteiger partial charge on any atom is 0.0717 e. The van der Waals surface area contributed by atoms with Gasteiger partial charge in [0.1, 0.15) is 0 Å². The molecule has 0 spiro atoms. The number of nitrogens with one attached hydrogen (secondary N) is 2. The summed E-state index contributed by atoms with van der Waals surface area (Å²) in [6.45, 7) is 3.75. The van der Waals surface area contributed by atoms with Crippen LogP contribution in [0.3, 0.4) is 0 Å². The first-order chi connectivity index (χ1) is 22.2. The smallest absolute Gasteiger partial charge is 0.0717 e. The normalized spacial score (nSPS) is 14.8. The Kier molecular flexibility index (Phi) is 6.46. The minimum atomic E-state index is 0.125. The molecule has 8 rings (SSSR count). The highest BCUT2D eigenvalue weighted by molar-refractivity contribution is 6.19. The van der Waals surface area contributed by atoms with Crippen molar-refractivity contribution in [1.29, 1.82) is 5.41 Å². The van der Waals surface area contributed by atoms with Crippen LogP contribution >= 0.6 is 0 Å². The molecule has 0 radical (unpaired) electrons. The number of hydrogen-bond donors (Lipinski definition) is 2. The Morgan fingerprint density at radius 3 is 2.44 bits per heavy atom. The van der Waals surface area contributed by atoms with Crippen molar-refractivity contribution in [1.82, 2.24) is 14.9 Å². The van der Waals surface area contributed by atoms with Crippen LogP contribution in [0.15, 0.2) is 152 Å². The predicted octanol–water partition coefficient (Wildman–Crippen LogP) is 10.1. The van der Waals surface area contributed by atoms with Gasteiger partial charge in [-0.1, -0.05) is 110 Å². The molecule has 3 heterocycles. The lowest BCUT2D eigenvalue weighted by Crippen LogP contribution is -2.14. The van der Waals surface area contributed by atoms with Crippen molar-refractivity contribution in [2.75, 3.05) is 0 Å². The van der Waals surface area contributed by atoms with Crippen LogP contribution in [0.4, 0.5) is 0 Å². The molecule has 214 valence electrons. The molecule has 4 nitrogen and oxygen atoms in total. The van der Waals surface area contributed by atoms with Crippen molar-refractivity contribution in [3.63, 3.8) is 0 Å². The van der Waals surface area contributed by atoms with E-state index in [9.17, 15) is 0 Å². The number of hydrogen-bond acceptors (Lipinski definition) is 3. The van der Waals surface area contributed by atoms with E-state index in [1.54, 1.807) is 12.2 Å². The van der Waals surface area contributed by atoms with Crippen molar-refractivity contribution in [2.45, 2.75) is 6.04 Å². The van der Waals surface area contributed by atoms with Gasteiger partial charge in [-0.15, -0.1) is 0 Å².